The van der Waals surface area contributed by atoms with Crippen molar-refractivity contribution in [3.8, 4) is 0 Å². The third-order valence-electron chi connectivity index (χ3n) is 3.94. The third kappa shape index (κ3) is 3.51. The normalized spacial score (nSPS) is 20.2. The molecule has 0 saturated carbocycles. The van der Waals surface area contributed by atoms with Crippen molar-refractivity contribution in [1.29, 1.82) is 0 Å². The van der Waals surface area contributed by atoms with Crippen molar-refractivity contribution in [2.24, 2.45) is 0 Å². The molecule has 3 rings (SSSR count). The van der Waals surface area contributed by atoms with Gasteiger partial charge in [0.15, 0.2) is 0 Å². The van der Waals surface area contributed by atoms with Gasteiger partial charge < -0.3 is 10.1 Å². The highest BCUT2D eigenvalue weighted by molar-refractivity contribution is 5.88. The Morgan fingerprint density at radius 2 is 1.83 bits per heavy atom. The van der Waals surface area contributed by atoms with Crippen LogP contribution in [0.25, 0.3) is 11.6 Å². The van der Waals surface area contributed by atoms with Gasteiger partial charge in [-0.1, -0.05) is 66.7 Å². The van der Waals surface area contributed by atoms with Gasteiger partial charge in [-0.05, 0) is 34.8 Å². The maximum absolute atomic E-state index is 11.6. The molecular weight excluding hydrogens is 286 g/mol. The minimum absolute atomic E-state index is 0.0940. The minimum atomic E-state index is -0.411. The van der Waals surface area contributed by atoms with Crippen LogP contribution in [0.4, 0.5) is 4.79 Å². The molecule has 1 atom stereocenters. The molecule has 3 heteroatoms. The number of alkyl carbamates (subject to hydrolysis) is 1. The number of amides is 1. The maximum atomic E-state index is 11.6. The number of ether oxygens (including phenoxy) is 1. The van der Waals surface area contributed by atoms with Gasteiger partial charge in [0, 0.05) is 0 Å². The van der Waals surface area contributed by atoms with E-state index >= 15 is 0 Å². The van der Waals surface area contributed by atoms with Crippen LogP contribution < -0.4 is 5.32 Å². The van der Waals surface area contributed by atoms with Crippen molar-refractivity contribution < 1.29 is 9.53 Å². The summed E-state index contributed by atoms with van der Waals surface area (Å²) in [5.74, 6) is 0. The van der Waals surface area contributed by atoms with Crippen LogP contribution >= 0.6 is 0 Å². The fourth-order valence-corrected chi connectivity index (χ4v) is 2.78. The molecule has 116 valence electrons. The fourth-order valence-electron chi connectivity index (χ4n) is 2.78. The van der Waals surface area contributed by atoms with E-state index < -0.39 is 6.09 Å². The lowest BCUT2D eigenvalue weighted by molar-refractivity contribution is 0.166. The van der Waals surface area contributed by atoms with Crippen LogP contribution in [0, 0.1) is 0 Å². The van der Waals surface area contributed by atoms with E-state index in [4.69, 9.17) is 4.74 Å². The molecule has 0 bridgehead atoms. The first-order valence-corrected chi connectivity index (χ1v) is 7.65. The first-order chi connectivity index (χ1) is 11.3. The summed E-state index contributed by atoms with van der Waals surface area (Å²) in [6, 6.07) is 18.3. The zero-order chi connectivity index (χ0) is 16.1. The molecule has 2 aromatic rings. The number of carbonyl (C=O) groups excluding carboxylic acids is 1. The Morgan fingerprint density at radius 3 is 2.61 bits per heavy atom. The van der Waals surface area contributed by atoms with E-state index in [-0.39, 0.29) is 6.04 Å². The lowest BCUT2D eigenvalue weighted by Gasteiger charge is -2.21. The van der Waals surface area contributed by atoms with E-state index in [9.17, 15) is 4.79 Å². The summed E-state index contributed by atoms with van der Waals surface area (Å²) in [4.78, 5) is 11.6. The van der Waals surface area contributed by atoms with E-state index in [1.807, 2.05) is 36.4 Å². The number of hydrogen-bond acceptors (Lipinski definition) is 2. The van der Waals surface area contributed by atoms with E-state index in [2.05, 4.69) is 41.7 Å². The summed E-state index contributed by atoms with van der Waals surface area (Å²) in [6.45, 7) is 0. The van der Waals surface area contributed by atoms with Crippen LogP contribution in [0.2, 0.25) is 0 Å². The summed E-state index contributed by atoms with van der Waals surface area (Å²) < 4.78 is 4.74. The van der Waals surface area contributed by atoms with Gasteiger partial charge in [0.05, 0.1) is 13.2 Å². The predicted octanol–water partition coefficient (Wildman–Crippen LogP) is 4.58. The molecule has 1 aliphatic carbocycles. The van der Waals surface area contributed by atoms with Crippen molar-refractivity contribution in [2.45, 2.75) is 12.5 Å². The summed E-state index contributed by atoms with van der Waals surface area (Å²) in [5.41, 5.74) is 4.54. The second kappa shape index (κ2) is 6.97. The van der Waals surface area contributed by atoms with Crippen molar-refractivity contribution in [1.82, 2.24) is 5.32 Å². The van der Waals surface area contributed by atoms with Gasteiger partial charge in [0.25, 0.3) is 0 Å². The van der Waals surface area contributed by atoms with Crippen LogP contribution in [0.5, 0.6) is 0 Å². The molecule has 0 heterocycles. The van der Waals surface area contributed by atoms with Gasteiger partial charge in [0.2, 0.25) is 0 Å². The molecule has 0 aliphatic heterocycles. The van der Waals surface area contributed by atoms with Gasteiger partial charge in [-0.15, -0.1) is 0 Å². The summed E-state index contributed by atoms with van der Waals surface area (Å²) in [7, 11) is 1.38. The standard InChI is InChI=1S/C20H19NO2/c1-23-20(22)21-19-13-7-11-16(15-8-3-2-4-9-15)14-17-10-5-6-12-18(17)19/h2-12,14,19H,13H2,1H3,(H,21,22)/b11-7-,16-14+. The Kier molecular flexibility index (Phi) is 4.57. The molecule has 0 fully saturated rings. The minimum Gasteiger partial charge on any atom is -0.453 e. The Balaban J connectivity index is 2.02. The molecule has 23 heavy (non-hydrogen) atoms. The van der Waals surface area contributed by atoms with Crippen LogP contribution in [-0.2, 0) is 4.74 Å². The van der Waals surface area contributed by atoms with Crippen LogP contribution in [-0.4, -0.2) is 13.2 Å². The number of allylic oxidation sites excluding steroid dienone is 2. The summed E-state index contributed by atoms with van der Waals surface area (Å²) in [6.07, 6.45) is 6.67. The van der Waals surface area contributed by atoms with Gasteiger partial charge >= 0.3 is 6.09 Å². The smallest absolute Gasteiger partial charge is 0.407 e. The second-order valence-electron chi connectivity index (χ2n) is 5.42. The number of benzene rings is 2. The predicted molar refractivity (Wildman–Crippen MR) is 92.8 cm³/mol. The largest absolute Gasteiger partial charge is 0.453 e. The first kappa shape index (κ1) is 15.1. The fraction of sp³-hybridized carbons (Fsp3) is 0.150. The Morgan fingerprint density at radius 1 is 1.09 bits per heavy atom. The second-order valence-corrected chi connectivity index (χ2v) is 5.42. The van der Waals surface area contributed by atoms with Gasteiger partial charge in [-0.2, -0.15) is 0 Å². The number of methoxy groups -OCH3 is 1. The zero-order valence-corrected chi connectivity index (χ0v) is 13.0. The molecule has 1 amide bonds. The van der Waals surface area contributed by atoms with Crippen LogP contribution in [0.1, 0.15) is 29.2 Å². The highest BCUT2D eigenvalue weighted by atomic mass is 16.5. The molecule has 0 saturated heterocycles. The van der Waals surface area contributed by atoms with Crippen molar-refractivity contribution in [3.63, 3.8) is 0 Å². The number of fused-ring (bicyclic) bond motifs is 1. The van der Waals surface area contributed by atoms with Crippen molar-refractivity contribution in [2.75, 3.05) is 7.11 Å². The van der Waals surface area contributed by atoms with E-state index in [0.29, 0.717) is 0 Å². The first-order valence-electron chi connectivity index (χ1n) is 7.65. The Bertz CT molecular complexity index is 747. The van der Waals surface area contributed by atoms with E-state index in [1.165, 1.54) is 12.7 Å². The highest BCUT2D eigenvalue weighted by Gasteiger charge is 2.17. The molecule has 0 spiro atoms. The number of rotatable bonds is 2. The van der Waals surface area contributed by atoms with Crippen LogP contribution in [0.3, 0.4) is 0 Å². The third-order valence-corrected chi connectivity index (χ3v) is 3.94. The average Bonchev–Trinajstić information content (AvgIpc) is 2.59. The van der Waals surface area contributed by atoms with E-state index in [0.717, 1.165) is 23.1 Å². The van der Waals surface area contributed by atoms with Crippen molar-refractivity contribution >= 4 is 17.7 Å². The van der Waals surface area contributed by atoms with Gasteiger partial charge in [0.1, 0.15) is 0 Å². The van der Waals surface area contributed by atoms with Crippen molar-refractivity contribution in [3.05, 3.63) is 83.4 Å². The lowest BCUT2D eigenvalue weighted by atomic mass is 9.92. The molecule has 1 aliphatic rings. The lowest BCUT2D eigenvalue weighted by Crippen LogP contribution is -2.28. The Hall–Kier alpha value is -2.81. The molecule has 3 nitrogen and oxygen atoms in total. The molecule has 2 aromatic carbocycles. The van der Waals surface area contributed by atoms with Gasteiger partial charge in [-0.25, -0.2) is 4.79 Å². The maximum Gasteiger partial charge on any atom is 0.407 e. The molecule has 1 unspecified atom stereocenters. The number of carbonyl (C=O) groups is 1. The Labute approximate surface area is 136 Å². The highest BCUT2D eigenvalue weighted by Crippen LogP contribution is 2.29. The molecule has 0 radical (unpaired) electrons. The monoisotopic (exact) mass is 305 g/mol. The van der Waals surface area contributed by atoms with E-state index in [1.54, 1.807) is 0 Å². The number of nitrogens with one attached hydrogen (secondary N) is 1. The molecule has 1 N–H and O–H groups in total. The molecule has 0 aromatic heterocycles. The SMILES string of the molecule is COC(=O)NC1C/C=C\C(c2ccccc2)=C/c2ccccc21. The topological polar surface area (TPSA) is 38.3 Å². The zero-order valence-electron chi connectivity index (χ0n) is 13.0. The van der Waals surface area contributed by atoms with Crippen LogP contribution in [0.15, 0.2) is 66.7 Å². The summed E-state index contributed by atoms with van der Waals surface area (Å²) >= 11 is 0. The van der Waals surface area contributed by atoms with Gasteiger partial charge in [-0.3, -0.25) is 0 Å². The average molecular weight is 305 g/mol. The summed E-state index contributed by atoms with van der Waals surface area (Å²) in [5, 5.41) is 2.91. The quantitative estimate of drug-likeness (QED) is 0.881. The molecular formula is C20H19NO2. The number of hydrogen-bond donors (Lipinski definition) is 1.